The van der Waals surface area contributed by atoms with E-state index in [1.807, 2.05) is 6.92 Å². The number of hydrogen-bond donors (Lipinski definition) is 1. The van der Waals surface area contributed by atoms with Crippen LogP contribution in [0.4, 0.5) is 4.39 Å². The molecular weight excluding hydrogens is 385 g/mol. The summed E-state index contributed by atoms with van der Waals surface area (Å²) >= 11 is 0. The number of amides is 1. The Kier molecular flexibility index (Phi) is 5.80. The zero-order chi connectivity index (χ0) is 20.4. The van der Waals surface area contributed by atoms with Crippen LogP contribution in [0.25, 0.3) is 0 Å². The monoisotopic (exact) mass is 409 g/mol. The number of carbonyl (C=O) groups is 1. The minimum absolute atomic E-state index is 0.0317. The van der Waals surface area contributed by atoms with Crippen molar-refractivity contribution in [2.75, 3.05) is 25.4 Å². The summed E-state index contributed by atoms with van der Waals surface area (Å²) in [5.41, 5.74) is 0.197. The van der Waals surface area contributed by atoms with Crippen LogP contribution in [-0.2, 0) is 27.8 Å². The van der Waals surface area contributed by atoms with Gasteiger partial charge in [-0.3, -0.25) is 9.48 Å². The fraction of sp³-hybridized carbons (Fsp3) is 0.500. The second-order valence-electron chi connectivity index (χ2n) is 7.10. The van der Waals surface area contributed by atoms with Gasteiger partial charge in [-0.15, -0.1) is 5.10 Å². The smallest absolute Gasteiger partial charge is 0.229 e. The average molecular weight is 409 g/mol. The Bertz CT molecular complexity index is 954. The lowest BCUT2D eigenvalue weighted by molar-refractivity contribution is -0.137. The summed E-state index contributed by atoms with van der Waals surface area (Å²) in [6.45, 7) is 4.24. The molecule has 0 atom stereocenters. The van der Waals surface area contributed by atoms with Crippen molar-refractivity contribution in [2.24, 2.45) is 5.41 Å². The first-order valence-electron chi connectivity index (χ1n) is 9.12. The highest BCUT2D eigenvalue weighted by atomic mass is 32.2. The Morgan fingerprint density at radius 1 is 1.32 bits per heavy atom. The van der Waals surface area contributed by atoms with E-state index in [-0.39, 0.29) is 31.2 Å². The summed E-state index contributed by atoms with van der Waals surface area (Å²) in [4.78, 5) is 12.9. The second-order valence-corrected chi connectivity index (χ2v) is 9.35. The molecule has 0 unspecified atom stereocenters. The average Bonchev–Trinajstić information content (AvgIpc) is 3.04. The zero-order valence-electron chi connectivity index (χ0n) is 15.9. The van der Waals surface area contributed by atoms with E-state index in [9.17, 15) is 17.6 Å². The molecule has 2 aromatic rings. The Labute approximate surface area is 163 Å². The highest BCUT2D eigenvalue weighted by molar-refractivity contribution is 7.89. The third-order valence-corrected chi connectivity index (χ3v) is 6.74. The Hall–Kier alpha value is -2.33. The molecule has 1 aliphatic heterocycles. The number of carbonyl (C=O) groups excluding carboxylic acids is 1. The molecule has 10 heteroatoms. The third-order valence-electron chi connectivity index (χ3n) is 4.96. The number of halogens is 1. The first-order chi connectivity index (χ1) is 13.3. The Morgan fingerprint density at radius 2 is 2.04 bits per heavy atom. The molecule has 1 aromatic heterocycles. The van der Waals surface area contributed by atoms with Crippen molar-refractivity contribution in [1.29, 1.82) is 0 Å². The minimum atomic E-state index is -3.39. The summed E-state index contributed by atoms with van der Waals surface area (Å²) in [5.74, 6) is -0.713. The van der Waals surface area contributed by atoms with Crippen molar-refractivity contribution in [3.05, 3.63) is 47.5 Å². The van der Waals surface area contributed by atoms with Gasteiger partial charge in [0.15, 0.2) is 0 Å². The lowest BCUT2D eigenvalue weighted by atomic mass is 9.75. The Morgan fingerprint density at radius 3 is 2.64 bits per heavy atom. The highest BCUT2D eigenvalue weighted by Gasteiger charge is 2.52. The zero-order valence-corrected chi connectivity index (χ0v) is 16.7. The van der Waals surface area contributed by atoms with E-state index in [0.717, 1.165) is 5.69 Å². The molecule has 2 heterocycles. The standard InChI is InChI=1S/C18H24FN5O3S/c1-3-28(26,27)24-12-18(13-24,10-15-6-4-5-7-16(15)19)17(25)20-8-9-23-11-14(2)21-22-23/h4-7,11H,3,8-10,12-13H2,1-2H3,(H,20,25). The van der Waals surface area contributed by atoms with Crippen molar-refractivity contribution < 1.29 is 17.6 Å². The van der Waals surface area contributed by atoms with E-state index >= 15 is 0 Å². The van der Waals surface area contributed by atoms with E-state index in [0.29, 0.717) is 18.7 Å². The number of nitrogens with zero attached hydrogens (tertiary/aromatic N) is 4. The van der Waals surface area contributed by atoms with Gasteiger partial charge in [0.05, 0.1) is 23.4 Å². The number of aryl methyl sites for hydroxylation is 1. The van der Waals surface area contributed by atoms with Gasteiger partial charge in [-0.2, -0.15) is 4.31 Å². The molecule has 3 rings (SSSR count). The molecule has 0 radical (unpaired) electrons. The van der Waals surface area contributed by atoms with Gasteiger partial charge in [0.25, 0.3) is 0 Å². The van der Waals surface area contributed by atoms with Gasteiger partial charge in [0.2, 0.25) is 15.9 Å². The molecule has 0 saturated carbocycles. The molecule has 1 saturated heterocycles. The van der Waals surface area contributed by atoms with Crippen LogP contribution in [0.15, 0.2) is 30.5 Å². The van der Waals surface area contributed by atoms with Crippen LogP contribution < -0.4 is 5.32 Å². The van der Waals surface area contributed by atoms with Crippen molar-refractivity contribution in [2.45, 2.75) is 26.8 Å². The number of benzene rings is 1. The van der Waals surface area contributed by atoms with Gasteiger partial charge in [-0.25, -0.2) is 12.8 Å². The first-order valence-corrected chi connectivity index (χ1v) is 10.7. The van der Waals surface area contributed by atoms with E-state index in [2.05, 4.69) is 15.6 Å². The number of aromatic nitrogens is 3. The minimum Gasteiger partial charge on any atom is -0.354 e. The second kappa shape index (κ2) is 7.96. The summed E-state index contributed by atoms with van der Waals surface area (Å²) < 4.78 is 41.3. The van der Waals surface area contributed by atoms with Gasteiger partial charge in [0.1, 0.15) is 5.82 Å². The molecule has 1 aliphatic rings. The summed E-state index contributed by atoms with van der Waals surface area (Å²) in [6, 6.07) is 6.25. The molecule has 8 nitrogen and oxygen atoms in total. The van der Waals surface area contributed by atoms with Gasteiger partial charge >= 0.3 is 0 Å². The largest absolute Gasteiger partial charge is 0.354 e. The summed E-state index contributed by atoms with van der Waals surface area (Å²) in [5, 5.41) is 10.7. The van der Waals surface area contributed by atoms with Crippen molar-refractivity contribution in [3.63, 3.8) is 0 Å². The number of nitrogens with one attached hydrogen (secondary N) is 1. The molecule has 28 heavy (non-hydrogen) atoms. The van der Waals surface area contributed by atoms with Crippen molar-refractivity contribution in [1.82, 2.24) is 24.6 Å². The summed E-state index contributed by atoms with van der Waals surface area (Å²) in [7, 11) is -3.39. The van der Waals surface area contributed by atoms with Crippen LogP contribution in [0.3, 0.4) is 0 Å². The lowest BCUT2D eigenvalue weighted by Crippen LogP contribution is -2.65. The van der Waals surface area contributed by atoms with Crippen LogP contribution >= 0.6 is 0 Å². The normalized spacial score (nSPS) is 16.5. The molecule has 0 bridgehead atoms. The van der Waals surface area contributed by atoms with E-state index < -0.39 is 21.3 Å². The van der Waals surface area contributed by atoms with Crippen LogP contribution in [0, 0.1) is 18.2 Å². The molecule has 0 spiro atoms. The van der Waals surface area contributed by atoms with Crippen molar-refractivity contribution in [3.8, 4) is 0 Å². The predicted octanol–water partition coefficient (Wildman–Crippen LogP) is 0.736. The van der Waals surface area contributed by atoms with Crippen LogP contribution in [0.5, 0.6) is 0 Å². The molecule has 0 aliphatic carbocycles. The maximum atomic E-state index is 14.1. The molecule has 1 aromatic carbocycles. The topological polar surface area (TPSA) is 97.2 Å². The lowest BCUT2D eigenvalue weighted by Gasteiger charge is -2.47. The van der Waals surface area contributed by atoms with Crippen LogP contribution in [-0.4, -0.2) is 59.0 Å². The predicted molar refractivity (Wildman–Crippen MR) is 101 cm³/mol. The fourth-order valence-electron chi connectivity index (χ4n) is 3.33. The van der Waals surface area contributed by atoms with Gasteiger partial charge < -0.3 is 5.32 Å². The maximum Gasteiger partial charge on any atom is 0.229 e. The summed E-state index contributed by atoms with van der Waals surface area (Å²) in [6.07, 6.45) is 1.91. The van der Waals surface area contributed by atoms with Crippen LogP contribution in [0.2, 0.25) is 0 Å². The molecule has 152 valence electrons. The maximum absolute atomic E-state index is 14.1. The van der Waals surface area contributed by atoms with Crippen LogP contribution in [0.1, 0.15) is 18.2 Å². The fourth-order valence-corrected chi connectivity index (χ4v) is 4.58. The van der Waals surface area contributed by atoms with Gasteiger partial charge in [0, 0.05) is 25.8 Å². The van der Waals surface area contributed by atoms with E-state index in [1.165, 1.54) is 10.4 Å². The van der Waals surface area contributed by atoms with Gasteiger partial charge in [-0.05, 0) is 31.9 Å². The van der Waals surface area contributed by atoms with Gasteiger partial charge in [-0.1, -0.05) is 23.4 Å². The number of rotatable bonds is 8. The van der Waals surface area contributed by atoms with Crippen molar-refractivity contribution >= 4 is 15.9 Å². The highest BCUT2D eigenvalue weighted by Crippen LogP contribution is 2.37. The Balaban J connectivity index is 1.71. The number of hydrogen-bond acceptors (Lipinski definition) is 5. The SMILES string of the molecule is CCS(=O)(=O)N1CC(Cc2ccccc2F)(C(=O)NCCn2cc(C)nn2)C1. The van der Waals surface area contributed by atoms with E-state index in [1.54, 1.807) is 36.0 Å². The molecule has 1 amide bonds. The first kappa shape index (κ1) is 20.4. The number of sulfonamides is 1. The molecular formula is C18H24FN5O3S. The third kappa shape index (κ3) is 4.22. The molecule has 1 fully saturated rings. The quantitative estimate of drug-likeness (QED) is 0.694. The van der Waals surface area contributed by atoms with E-state index in [4.69, 9.17) is 0 Å². The molecule has 1 N–H and O–H groups in total.